The maximum atomic E-state index is 14.7. The fraction of sp³-hybridized carbons (Fsp3) is 0.520. The first-order valence-electron chi connectivity index (χ1n) is 12.5. The molecule has 3 heterocycles. The van der Waals surface area contributed by atoms with E-state index in [-0.39, 0.29) is 49.3 Å². The van der Waals surface area contributed by atoms with Crippen molar-refractivity contribution in [3.8, 4) is 0 Å². The van der Waals surface area contributed by atoms with Crippen LogP contribution in [0.5, 0.6) is 0 Å². The van der Waals surface area contributed by atoms with Crippen molar-refractivity contribution in [3.05, 3.63) is 46.9 Å². The summed E-state index contributed by atoms with van der Waals surface area (Å²) in [4.78, 5) is 56.8. The number of hydrazine groups is 1. The lowest BCUT2D eigenvalue weighted by molar-refractivity contribution is -0.242. The maximum Gasteiger partial charge on any atom is 0.493 e. The number of hydrogen-bond acceptors (Lipinski definition) is 7. The van der Waals surface area contributed by atoms with Crippen LogP contribution in [0.25, 0.3) is 0 Å². The average Bonchev–Trinajstić information content (AvgIpc) is 2.90. The number of piperazine rings is 1. The van der Waals surface area contributed by atoms with Crippen molar-refractivity contribution in [3.63, 3.8) is 0 Å². The SMILES string of the molecule is CCC1C=C(Cc2ccc(F)c(C(=O)N3CCN(C4CCCOC4)C(=O)C3)c2)N(OC(=O)C(F)(F)F)NC1=O. The van der Waals surface area contributed by atoms with E-state index in [1.165, 1.54) is 23.1 Å². The molecule has 3 aliphatic rings. The molecule has 3 aliphatic heterocycles. The Balaban J connectivity index is 1.50. The minimum absolute atomic E-state index is 0.0115. The van der Waals surface area contributed by atoms with Gasteiger partial charge in [0.1, 0.15) is 12.4 Å². The molecule has 0 radical (unpaired) electrons. The van der Waals surface area contributed by atoms with E-state index in [1.807, 2.05) is 0 Å². The third-order valence-corrected chi connectivity index (χ3v) is 6.82. The van der Waals surface area contributed by atoms with Crippen molar-refractivity contribution in [2.24, 2.45) is 5.92 Å². The Kier molecular flexibility index (Phi) is 8.42. The summed E-state index contributed by atoms with van der Waals surface area (Å²) in [5.74, 6) is -5.73. The van der Waals surface area contributed by atoms with Crippen molar-refractivity contribution in [1.82, 2.24) is 20.4 Å². The van der Waals surface area contributed by atoms with E-state index in [0.29, 0.717) is 30.4 Å². The predicted octanol–water partition coefficient (Wildman–Crippen LogP) is 2.11. The highest BCUT2D eigenvalue weighted by Crippen LogP contribution is 2.25. The molecule has 1 N–H and O–H groups in total. The molecule has 1 aromatic carbocycles. The van der Waals surface area contributed by atoms with E-state index < -0.39 is 35.7 Å². The van der Waals surface area contributed by atoms with Crippen LogP contribution in [0.15, 0.2) is 30.0 Å². The molecule has 212 valence electrons. The number of alkyl halides is 3. The second kappa shape index (κ2) is 11.6. The standard InChI is InChI=1S/C25H28F4N4O6/c1-2-16-12-18(33(30-22(16)35)39-24(37)25(27,28)29)10-15-5-6-20(26)19(11-15)23(36)31-7-8-32(21(34)13-31)17-4-3-9-38-14-17/h5-6,11-12,16-17H,2-4,7-10,13-14H2,1H3,(H,30,35). The first-order valence-corrected chi connectivity index (χ1v) is 12.5. The number of carbonyl (C=O) groups excluding carboxylic acids is 4. The van der Waals surface area contributed by atoms with Crippen molar-refractivity contribution >= 4 is 23.7 Å². The Bertz CT molecular complexity index is 1170. The van der Waals surface area contributed by atoms with Gasteiger partial charge in [0.05, 0.1) is 29.8 Å². The van der Waals surface area contributed by atoms with E-state index in [1.54, 1.807) is 11.8 Å². The van der Waals surface area contributed by atoms with Gasteiger partial charge in [0.25, 0.3) is 5.91 Å². The summed E-state index contributed by atoms with van der Waals surface area (Å²) in [6, 6.07) is 3.52. The first kappa shape index (κ1) is 28.3. The van der Waals surface area contributed by atoms with Crippen molar-refractivity contribution in [1.29, 1.82) is 0 Å². The zero-order valence-electron chi connectivity index (χ0n) is 21.1. The van der Waals surface area contributed by atoms with Gasteiger partial charge in [-0.25, -0.2) is 14.6 Å². The normalized spacial score (nSPS) is 22.4. The summed E-state index contributed by atoms with van der Waals surface area (Å²) in [5.41, 5.74) is 2.08. The number of nitrogens with zero attached hydrogens (tertiary/aromatic N) is 3. The Labute approximate surface area is 221 Å². The smallest absolute Gasteiger partial charge is 0.379 e. The topological polar surface area (TPSA) is 108 Å². The van der Waals surface area contributed by atoms with E-state index in [9.17, 15) is 36.7 Å². The molecule has 0 aromatic heterocycles. The van der Waals surface area contributed by atoms with E-state index >= 15 is 0 Å². The van der Waals surface area contributed by atoms with Crippen LogP contribution in [0.1, 0.15) is 42.1 Å². The molecule has 0 bridgehead atoms. The Morgan fingerprint density at radius 3 is 2.62 bits per heavy atom. The van der Waals surface area contributed by atoms with Gasteiger partial charge in [0.2, 0.25) is 11.8 Å². The van der Waals surface area contributed by atoms with Crippen LogP contribution in [0.2, 0.25) is 0 Å². The number of hydrogen-bond donors (Lipinski definition) is 1. The molecule has 14 heteroatoms. The van der Waals surface area contributed by atoms with Gasteiger partial charge < -0.3 is 19.4 Å². The molecule has 4 rings (SSSR count). The lowest BCUT2D eigenvalue weighted by Gasteiger charge is -2.40. The minimum Gasteiger partial charge on any atom is -0.379 e. The summed E-state index contributed by atoms with van der Waals surface area (Å²) >= 11 is 0. The number of hydroxylamine groups is 1. The second-order valence-electron chi connectivity index (χ2n) is 9.50. The Morgan fingerprint density at radius 2 is 1.97 bits per heavy atom. The number of allylic oxidation sites excluding steroid dienone is 1. The molecule has 1 aromatic rings. The van der Waals surface area contributed by atoms with Crippen LogP contribution in [-0.2, 0) is 30.4 Å². The van der Waals surface area contributed by atoms with Gasteiger partial charge in [-0.15, -0.1) is 5.17 Å². The van der Waals surface area contributed by atoms with Crippen LogP contribution in [-0.4, -0.2) is 83.7 Å². The van der Waals surface area contributed by atoms with Crippen LogP contribution >= 0.6 is 0 Å². The van der Waals surface area contributed by atoms with Gasteiger partial charge in [-0.2, -0.15) is 13.2 Å². The molecule has 3 amide bonds. The number of benzene rings is 1. The van der Waals surface area contributed by atoms with Gasteiger partial charge in [0, 0.05) is 26.1 Å². The highest BCUT2D eigenvalue weighted by atomic mass is 19.4. The number of halogens is 4. The third-order valence-electron chi connectivity index (χ3n) is 6.82. The Morgan fingerprint density at radius 1 is 1.21 bits per heavy atom. The predicted molar refractivity (Wildman–Crippen MR) is 126 cm³/mol. The van der Waals surface area contributed by atoms with E-state index in [4.69, 9.17) is 4.74 Å². The molecule has 2 atom stereocenters. The second-order valence-corrected chi connectivity index (χ2v) is 9.50. The molecular weight excluding hydrogens is 528 g/mol. The number of ether oxygens (including phenoxy) is 1. The molecule has 10 nitrogen and oxygen atoms in total. The largest absolute Gasteiger partial charge is 0.493 e. The molecule has 2 unspecified atom stereocenters. The number of carbonyl (C=O) groups is 4. The summed E-state index contributed by atoms with van der Waals surface area (Å²) in [7, 11) is 0. The third kappa shape index (κ3) is 6.49. The van der Waals surface area contributed by atoms with Gasteiger partial charge in [0.15, 0.2) is 0 Å². The number of nitrogens with one attached hydrogen (secondary N) is 1. The zero-order valence-corrected chi connectivity index (χ0v) is 21.1. The molecule has 0 saturated carbocycles. The number of amides is 3. The van der Waals surface area contributed by atoms with Gasteiger partial charge in [-0.3, -0.25) is 14.4 Å². The molecule has 0 spiro atoms. The molecule has 2 saturated heterocycles. The lowest BCUT2D eigenvalue weighted by Crippen LogP contribution is -2.57. The van der Waals surface area contributed by atoms with Crippen LogP contribution in [0.3, 0.4) is 0 Å². The quantitative estimate of drug-likeness (QED) is 0.535. The van der Waals surface area contributed by atoms with E-state index in [0.717, 1.165) is 18.9 Å². The monoisotopic (exact) mass is 556 g/mol. The summed E-state index contributed by atoms with van der Waals surface area (Å²) in [6.45, 7) is 3.01. The minimum atomic E-state index is -5.31. The van der Waals surface area contributed by atoms with Crippen molar-refractivity contribution in [2.45, 2.75) is 44.8 Å². The fourth-order valence-corrected chi connectivity index (χ4v) is 4.72. The highest BCUT2D eigenvalue weighted by molar-refractivity contribution is 5.97. The van der Waals surface area contributed by atoms with Gasteiger partial charge >= 0.3 is 12.1 Å². The highest BCUT2D eigenvalue weighted by Gasteiger charge is 2.44. The Hall–Kier alpha value is -3.68. The summed E-state index contributed by atoms with van der Waals surface area (Å²) in [6.07, 6.45) is -2.20. The van der Waals surface area contributed by atoms with Crippen LogP contribution in [0, 0.1) is 11.7 Å². The molecule has 0 aliphatic carbocycles. The van der Waals surface area contributed by atoms with Gasteiger partial charge in [-0.1, -0.05) is 13.0 Å². The molecular formula is C25H28F4N4O6. The van der Waals surface area contributed by atoms with Crippen molar-refractivity contribution in [2.75, 3.05) is 32.8 Å². The van der Waals surface area contributed by atoms with Crippen LogP contribution in [0.4, 0.5) is 17.6 Å². The fourth-order valence-electron chi connectivity index (χ4n) is 4.72. The van der Waals surface area contributed by atoms with Crippen molar-refractivity contribution < 1.29 is 46.3 Å². The first-order chi connectivity index (χ1) is 18.5. The average molecular weight is 557 g/mol. The van der Waals surface area contributed by atoms with E-state index in [2.05, 4.69) is 10.3 Å². The summed E-state index contributed by atoms with van der Waals surface area (Å²) in [5, 5.41) is 0.335. The van der Waals surface area contributed by atoms with Gasteiger partial charge in [-0.05, 0) is 43.0 Å². The maximum absolute atomic E-state index is 14.7. The zero-order chi connectivity index (χ0) is 28.3. The number of rotatable bonds is 6. The molecule has 2 fully saturated rings. The summed E-state index contributed by atoms with van der Waals surface area (Å²) < 4.78 is 58.5. The van der Waals surface area contributed by atoms with Crippen LogP contribution < -0.4 is 5.43 Å². The lowest BCUT2D eigenvalue weighted by atomic mass is 9.98. The molecule has 39 heavy (non-hydrogen) atoms.